The zero-order valence-corrected chi connectivity index (χ0v) is 8.26. The van der Waals surface area contributed by atoms with Gasteiger partial charge in [0, 0.05) is 6.54 Å². The lowest BCUT2D eigenvalue weighted by molar-refractivity contribution is 0.645. The van der Waals surface area contributed by atoms with Gasteiger partial charge in [0.25, 0.3) is 0 Å². The third kappa shape index (κ3) is 9.63. The molecule has 0 atom stereocenters. The van der Waals surface area contributed by atoms with Crippen LogP contribution >= 0.6 is 0 Å². The second-order valence-electron chi connectivity index (χ2n) is 3.08. The molecule has 0 unspecified atom stereocenters. The highest BCUT2D eigenvalue weighted by Gasteiger charge is 1.86. The molecule has 0 heterocycles. The Morgan fingerprint density at radius 2 is 1.92 bits per heavy atom. The Morgan fingerprint density at radius 3 is 2.58 bits per heavy atom. The largest absolute Gasteiger partial charge is 0.329 e. The van der Waals surface area contributed by atoms with Crippen LogP contribution in [0.3, 0.4) is 0 Å². The van der Waals surface area contributed by atoms with E-state index in [9.17, 15) is 0 Å². The van der Waals surface area contributed by atoms with Crippen molar-refractivity contribution in [2.45, 2.75) is 45.4 Å². The average Bonchev–Trinajstić information content (AvgIpc) is 2.10. The Kier molecular flexibility index (Phi) is 10.3. The highest BCUT2D eigenvalue weighted by Crippen LogP contribution is 2.03. The first-order chi connectivity index (χ1) is 5.91. The first-order valence-electron chi connectivity index (χ1n) is 5.10. The van der Waals surface area contributed by atoms with Crippen LogP contribution in [0.4, 0.5) is 0 Å². The number of hydrogen-bond acceptors (Lipinski definition) is 2. The highest BCUT2D eigenvalue weighted by atomic mass is 14.7. The van der Waals surface area contributed by atoms with Gasteiger partial charge in [-0.1, -0.05) is 32.6 Å². The fourth-order valence-electron chi connectivity index (χ4n) is 1.10. The molecule has 2 N–H and O–H groups in total. The van der Waals surface area contributed by atoms with Crippen LogP contribution < -0.4 is 5.73 Å². The Balaban J connectivity index is 2.90. The maximum atomic E-state index is 5.30. The molecule has 0 bridgehead atoms. The van der Waals surface area contributed by atoms with Gasteiger partial charge in [0.15, 0.2) is 0 Å². The van der Waals surface area contributed by atoms with E-state index in [2.05, 4.69) is 11.9 Å². The zero-order valence-electron chi connectivity index (χ0n) is 8.26. The second kappa shape index (κ2) is 10.6. The smallest absolute Gasteiger partial charge is 0.0508 e. The summed E-state index contributed by atoms with van der Waals surface area (Å²) in [6.45, 7) is 3.70. The molecule has 12 heavy (non-hydrogen) atoms. The molecule has 0 spiro atoms. The minimum absolute atomic E-state index is 0.673. The third-order valence-corrected chi connectivity index (χ3v) is 1.82. The van der Waals surface area contributed by atoms with Crippen molar-refractivity contribution in [1.29, 1.82) is 0 Å². The molecule has 0 aromatic carbocycles. The predicted molar refractivity (Wildman–Crippen MR) is 55.8 cm³/mol. The minimum Gasteiger partial charge on any atom is -0.329 e. The van der Waals surface area contributed by atoms with Crippen molar-refractivity contribution < 1.29 is 0 Å². The van der Waals surface area contributed by atoms with E-state index in [1.54, 1.807) is 0 Å². The number of aliphatic imine (C=N–C) groups is 1. The molecular formula is C10H22N2. The molecule has 0 saturated heterocycles. The molecule has 0 rings (SSSR count). The van der Waals surface area contributed by atoms with E-state index in [-0.39, 0.29) is 0 Å². The van der Waals surface area contributed by atoms with Gasteiger partial charge in [0.05, 0.1) is 6.54 Å². The number of rotatable bonds is 8. The van der Waals surface area contributed by atoms with E-state index in [1.165, 1.54) is 32.1 Å². The summed E-state index contributed by atoms with van der Waals surface area (Å²) in [7, 11) is 0. The Hall–Kier alpha value is -0.370. The molecule has 2 nitrogen and oxygen atoms in total. The van der Waals surface area contributed by atoms with E-state index in [0.29, 0.717) is 6.54 Å². The number of unbranched alkanes of at least 4 members (excludes halogenated alkanes) is 5. The normalized spacial score (nSPS) is 11.2. The third-order valence-electron chi connectivity index (χ3n) is 1.82. The van der Waals surface area contributed by atoms with Crippen LogP contribution in [0.1, 0.15) is 45.4 Å². The van der Waals surface area contributed by atoms with Crippen molar-refractivity contribution in [1.82, 2.24) is 0 Å². The molecule has 0 radical (unpaired) electrons. The molecule has 0 fully saturated rings. The van der Waals surface area contributed by atoms with Gasteiger partial charge in [-0.3, -0.25) is 4.99 Å². The van der Waals surface area contributed by atoms with Gasteiger partial charge >= 0.3 is 0 Å². The molecule has 0 aromatic rings. The van der Waals surface area contributed by atoms with Gasteiger partial charge < -0.3 is 5.73 Å². The zero-order chi connectivity index (χ0) is 9.07. The predicted octanol–water partition coefficient (Wildman–Crippen LogP) is 2.38. The van der Waals surface area contributed by atoms with Crippen molar-refractivity contribution in [3.8, 4) is 0 Å². The van der Waals surface area contributed by atoms with Crippen LogP contribution in [0.5, 0.6) is 0 Å². The van der Waals surface area contributed by atoms with Crippen LogP contribution in [0.2, 0.25) is 0 Å². The Bertz CT molecular complexity index is 100. The van der Waals surface area contributed by atoms with E-state index in [1.807, 2.05) is 6.21 Å². The van der Waals surface area contributed by atoms with E-state index in [4.69, 9.17) is 5.73 Å². The van der Waals surface area contributed by atoms with Crippen LogP contribution in [0.15, 0.2) is 4.99 Å². The van der Waals surface area contributed by atoms with Crippen molar-refractivity contribution in [2.24, 2.45) is 10.7 Å². The Labute approximate surface area is 76.3 Å². The van der Waals surface area contributed by atoms with Gasteiger partial charge in [-0.2, -0.15) is 0 Å². The van der Waals surface area contributed by atoms with Gasteiger partial charge in [0.1, 0.15) is 0 Å². The summed E-state index contributed by atoms with van der Waals surface area (Å²) in [5.74, 6) is 0. The molecule has 2 heteroatoms. The van der Waals surface area contributed by atoms with Crippen LogP contribution in [0.25, 0.3) is 0 Å². The van der Waals surface area contributed by atoms with Gasteiger partial charge in [0.2, 0.25) is 0 Å². The lowest BCUT2D eigenvalue weighted by atomic mass is 10.1. The highest BCUT2D eigenvalue weighted by molar-refractivity contribution is 5.56. The molecule has 0 amide bonds. The van der Waals surface area contributed by atoms with Crippen molar-refractivity contribution in [3.63, 3.8) is 0 Å². The van der Waals surface area contributed by atoms with E-state index >= 15 is 0 Å². The molecule has 0 saturated carbocycles. The summed E-state index contributed by atoms with van der Waals surface area (Å²) in [6.07, 6.45) is 9.85. The average molecular weight is 170 g/mol. The fourth-order valence-corrected chi connectivity index (χ4v) is 1.10. The molecule has 0 aromatic heterocycles. The van der Waals surface area contributed by atoms with E-state index < -0.39 is 0 Å². The molecule has 72 valence electrons. The minimum atomic E-state index is 0.673. The summed E-state index contributed by atoms with van der Waals surface area (Å²) >= 11 is 0. The molecular weight excluding hydrogens is 148 g/mol. The maximum absolute atomic E-state index is 5.30. The summed E-state index contributed by atoms with van der Waals surface area (Å²) in [6, 6.07) is 0. The Morgan fingerprint density at radius 1 is 1.17 bits per heavy atom. The van der Waals surface area contributed by atoms with Crippen molar-refractivity contribution >= 4 is 6.21 Å². The van der Waals surface area contributed by atoms with Crippen LogP contribution in [-0.2, 0) is 0 Å². The summed E-state index contributed by atoms with van der Waals surface area (Å²) in [4.78, 5) is 4.16. The molecule has 0 aliphatic heterocycles. The quantitative estimate of drug-likeness (QED) is 0.441. The summed E-state index contributed by atoms with van der Waals surface area (Å²) in [5, 5.41) is 0. The summed E-state index contributed by atoms with van der Waals surface area (Å²) < 4.78 is 0. The number of nitrogens with two attached hydrogens (primary N) is 1. The first-order valence-corrected chi connectivity index (χ1v) is 5.10. The number of hydrogen-bond donors (Lipinski definition) is 1. The van der Waals surface area contributed by atoms with E-state index in [0.717, 1.165) is 13.0 Å². The van der Waals surface area contributed by atoms with Gasteiger partial charge in [-0.25, -0.2) is 0 Å². The van der Waals surface area contributed by atoms with Crippen molar-refractivity contribution in [3.05, 3.63) is 0 Å². The number of nitrogens with zero attached hydrogens (tertiary/aromatic N) is 1. The second-order valence-corrected chi connectivity index (χ2v) is 3.08. The van der Waals surface area contributed by atoms with Crippen LogP contribution in [0, 0.1) is 0 Å². The van der Waals surface area contributed by atoms with Crippen LogP contribution in [-0.4, -0.2) is 19.3 Å². The molecule has 0 aliphatic carbocycles. The van der Waals surface area contributed by atoms with Gasteiger partial charge in [-0.15, -0.1) is 0 Å². The van der Waals surface area contributed by atoms with Gasteiger partial charge in [-0.05, 0) is 19.1 Å². The summed E-state index contributed by atoms with van der Waals surface area (Å²) in [5.41, 5.74) is 5.30. The lowest BCUT2D eigenvalue weighted by Crippen LogP contribution is -2.02. The maximum Gasteiger partial charge on any atom is 0.0508 e. The standard InChI is InChI=1S/C10H22N2/c1-2-3-4-5-6-7-9-12-10-8-11/h9H,2-8,10-11H2,1H3. The van der Waals surface area contributed by atoms with Crippen molar-refractivity contribution in [2.75, 3.05) is 13.1 Å². The topological polar surface area (TPSA) is 38.4 Å². The molecule has 0 aliphatic rings. The first kappa shape index (κ1) is 11.6. The SMILES string of the molecule is CCCCCCCC=NCCN. The fraction of sp³-hybridized carbons (Fsp3) is 0.900. The monoisotopic (exact) mass is 170 g/mol. The lowest BCUT2D eigenvalue weighted by Gasteiger charge is -1.95.